The number of imide groups is 1. The molecule has 12 heteroatoms. The summed E-state index contributed by atoms with van der Waals surface area (Å²) in [6, 6.07) is 1.91. The van der Waals surface area contributed by atoms with Gasteiger partial charge in [0.1, 0.15) is 11.5 Å². The lowest BCUT2D eigenvalue weighted by atomic mass is 10.1. The van der Waals surface area contributed by atoms with Crippen molar-refractivity contribution in [2.24, 2.45) is 0 Å². The third kappa shape index (κ3) is 4.53. The molecule has 3 amide bonds. The maximum absolute atomic E-state index is 12.8. The van der Waals surface area contributed by atoms with E-state index < -0.39 is 23.7 Å². The van der Waals surface area contributed by atoms with Crippen LogP contribution in [0.4, 0.5) is 23.8 Å². The van der Waals surface area contributed by atoms with Crippen LogP contribution >= 0.6 is 0 Å². The second kappa shape index (κ2) is 8.02. The highest BCUT2D eigenvalue weighted by Gasteiger charge is 2.32. The number of hydrogen-bond acceptors (Lipinski definition) is 6. The molecule has 2 aromatic rings. The Labute approximate surface area is 175 Å². The van der Waals surface area contributed by atoms with E-state index in [9.17, 15) is 22.8 Å². The molecule has 0 aromatic carbocycles. The minimum atomic E-state index is -4.41. The van der Waals surface area contributed by atoms with Gasteiger partial charge in [0.15, 0.2) is 0 Å². The minimum Gasteiger partial charge on any atom is -0.351 e. The van der Waals surface area contributed by atoms with E-state index in [-0.39, 0.29) is 11.7 Å². The molecule has 0 bridgehead atoms. The highest BCUT2D eigenvalue weighted by molar-refractivity contribution is 6.13. The number of piperazine rings is 1. The van der Waals surface area contributed by atoms with Gasteiger partial charge in [-0.15, -0.1) is 0 Å². The molecule has 31 heavy (non-hydrogen) atoms. The van der Waals surface area contributed by atoms with Crippen molar-refractivity contribution in [3.63, 3.8) is 0 Å². The first-order valence-corrected chi connectivity index (χ1v) is 9.59. The molecule has 9 nitrogen and oxygen atoms in total. The average molecular weight is 435 g/mol. The van der Waals surface area contributed by atoms with Gasteiger partial charge in [-0.05, 0) is 25.1 Å². The number of aromatic amines is 1. The molecule has 0 spiro atoms. The normalized spacial score (nSPS) is 21.5. The Morgan fingerprint density at radius 3 is 2.65 bits per heavy atom. The Hall–Kier alpha value is -3.41. The number of rotatable bonds is 4. The Kier molecular flexibility index (Phi) is 5.39. The van der Waals surface area contributed by atoms with Crippen LogP contribution in [0.3, 0.4) is 0 Å². The molecule has 2 saturated heterocycles. The monoisotopic (exact) mass is 435 g/mol. The van der Waals surface area contributed by atoms with Crippen LogP contribution in [-0.2, 0) is 17.5 Å². The highest BCUT2D eigenvalue weighted by atomic mass is 19.4. The fourth-order valence-corrected chi connectivity index (χ4v) is 3.68. The molecule has 4 rings (SSSR count). The number of amides is 3. The van der Waals surface area contributed by atoms with Gasteiger partial charge in [-0.25, -0.2) is 9.78 Å². The van der Waals surface area contributed by atoms with E-state index in [0.29, 0.717) is 37.7 Å². The Morgan fingerprint density at radius 1 is 1.23 bits per heavy atom. The molecule has 2 aliphatic heterocycles. The van der Waals surface area contributed by atoms with Gasteiger partial charge >= 0.3 is 12.2 Å². The predicted octanol–water partition coefficient (Wildman–Crippen LogP) is 1.71. The summed E-state index contributed by atoms with van der Waals surface area (Å²) in [5.41, 5.74) is 0.766. The summed E-state index contributed by atoms with van der Waals surface area (Å²) in [5, 5.41) is 11.5. The predicted molar refractivity (Wildman–Crippen MR) is 105 cm³/mol. The van der Waals surface area contributed by atoms with Gasteiger partial charge in [-0.2, -0.15) is 18.3 Å². The van der Waals surface area contributed by atoms with Crippen molar-refractivity contribution >= 4 is 23.8 Å². The van der Waals surface area contributed by atoms with Crippen LogP contribution in [0.5, 0.6) is 0 Å². The highest BCUT2D eigenvalue weighted by Crippen LogP contribution is 2.30. The van der Waals surface area contributed by atoms with Crippen LogP contribution in [-0.4, -0.2) is 57.7 Å². The molecular weight excluding hydrogens is 415 g/mol. The van der Waals surface area contributed by atoms with Crippen molar-refractivity contribution in [3.8, 4) is 0 Å². The number of nitrogens with one attached hydrogen (secondary N) is 3. The first-order valence-electron chi connectivity index (χ1n) is 9.59. The first kappa shape index (κ1) is 20.8. The van der Waals surface area contributed by atoms with Crippen molar-refractivity contribution in [2.45, 2.75) is 25.7 Å². The topological polar surface area (TPSA) is 106 Å². The standard InChI is InChI=1S/C19H20F3N7O2/c1-11-9-28(4-5-29(11)16-3-2-13(8-23-16)19(20,21)22)10-12-7-24-27-14(12)6-15-17(30)26-18(31)25-15/h2-3,6-8,11H,4-5,9-10H2,1H3,(H,24,27)(H2,25,26,30,31)/b15-6-/t11-/m1/s1. The largest absolute Gasteiger partial charge is 0.417 e. The van der Waals surface area contributed by atoms with Crippen molar-refractivity contribution < 1.29 is 22.8 Å². The lowest BCUT2D eigenvalue weighted by Gasteiger charge is -2.40. The maximum atomic E-state index is 12.8. The van der Waals surface area contributed by atoms with E-state index in [1.165, 1.54) is 12.1 Å². The number of halogens is 3. The summed E-state index contributed by atoms with van der Waals surface area (Å²) >= 11 is 0. The van der Waals surface area contributed by atoms with Crippen LogP contribution in [0.25, 0.3) is 6.08 Å². The molecular formula is C19H20F3N7O2. The summed E-state index contributed by atoms with van der Waals surface area (Å²) in [6.45, 7) is 4.49. The molecule has 2 aliphatic rings. The molecule has 4 heterocycles. The van der Waals surface area contributed by atoms with Crippen LogP contribution in [0.1, 0.15) is 23.7 Å². The molecule has 0 unspecified atom stereocenters. The van der Waals surface area contributed by atoms with E-state index in [0.717, 1.165) is 17.8 Å². The number of H-pyrrole nitrogens is 1. The van der Waals surface area contributed by atoms with Crippen LogP contribution in [0.15, 0.2) is 30.2 Å². The zero-order valence-corrected chi connectivity index (χ0v) is 16.5. The number of nitrogens with zero attached hydrogens (tertiary/aromatic N) is 4. The lowest BCUT2D eigenvalue weighted by molar-refractivity contribution is -0.137. The van der Waals surface area contributed by atoms with Gasteiger partial charge in [-0.1, -0.05) is 0 Å². The van der Waals surface area contributed by atoms with Crippen LogP contribution < -0.4 is 15.5 Å². The summed E-state index contributed by atoms with van der Waals surface area (Å²) < 4.78 is 38.3. The van der Waals surface area contributed by atoms with Crippen molar-refractivity contribution in [3.05, 3.63) is 47.0 Å². The van der Waals surface area contributed by atoms with Gasteiger partial charge in [0.25, 0.3) is 5.91 Å². The molecule has 3 N–H and O–H groups in total. The van der Waals surface area contributed by atoms with E-state index in [2.05, 4.69) is 30.7 Å². The van der Waals surface area contributed by atoms with Crippen molar-refractivity contribution in [1.82, 2.24) is 30.7 Å². The number of aromatic nitrogens is 3. The lowest BCUT2D eigenvalue weighted by Crippen LogP contribution is -2.51. The smallest absolute Gasteiger partial charge is 0.351 e. The van der Waals surface area contributed by atoms with Crippen LogP contribution in [0, 0.1) is 0 Å². The summed E-state index contributed by atoms with van der Waals surface area (Å²) in [6.07, 6.45) is -0.305. The number of hydrogen-bond donors (Lipinski definition) is 3. The number of carbonyl (C=O) groups is 2. The molecule has 2 aromatic heterocycles. The molecule has 164 valence electrons. The summed E-state index contributed by atoms with van der Waals surface area (Å²) in [5.74, 6) is 0.00194. The van der Waals surface area contributed by atoms with E-state index in [4.69, 9.17) is 0 Å². The Bertz CT molecular complexity index is 1020. The number of alkyl halides is 3. The van der Waals surface area contributed by atoms with E-state index in [1.807, 2.05) is 11.8 Å². The average Bonchev–Trinajstić information content (AvgIpc) is 3.27. The number of urea groups is 1. The number of carbonyl (C=O) groups excluding carboxylic acids is 2. The van der Waals surface area contributed by atoms with Gasteiger partial charge in [0.2, 0.25) is 0 Å². The fourth-order valence-electron chi connectivity index (χ4n) is 3.68. The van der Waals surface area contributed by atoms with Crippen molar-refractivity contribution in [1.29, 1.82) is 0 Å². The van der Waals surface area contributed by atoms with E-state index >= 15 is 0 Å². The summed E-state index contributed by atoms with van der Waals surface area (Å²) in [4.78, 5) is 31.1. The third-order valence-electron chi connectivity index (χ3n) is 5.23. The third-order valence-corrected chi connectivity index (χ3v) is 5.23. The second-order valence-electron chi connectivity index (χ2n) is 7.44. The van der Waals surface area contributed by atoms with E-state index in [1.54, 1.807) is 6.20 Å². The SMILES string of the molecule is C[C@@H]1CN(Cc2c[nH]nc2/C=C2\NC(=O)NC2=O)CCN1c1ccc(C(F)(F)F)cn1. The zero-order valence-electron chi connectivity index (χ0n) is 16.5. The first-order chi connectivity index (χ1) is 14.7. The molecule has 1 atom stereocenters. The number of anilines is 1. The molecule has 0 saturated carbocycles. The fraction of sp³-hybridized carbons (Fsp3) is 0.368. The zero-order chi connectivity index (χ0) is 22.2. The maximum Gasteiger partial charge on any atom is 0.417 e. The van der Waals surface area contributed by atoms with Gasteiger partial charge in [-0.3, -0.25) is 20.1 Å². The van der Waals surface area contributed by atoms with Gasteiger partial charge in [0, 0.05) is 50.2 Å². The second-order valence-corrected chi connectivity index (χ2v) is 7.44. The summed E-state index contributed by atoms with van der Waals surface area (Å²) in [7, 11) is 0. The minimum absolute atomic E-state index is 0.0339. The Morgan fingerprint density at radius 2 is 2.03 bits per heavy atom. The Balaban J connectivity index is 1.40. The van der Waals surface area contributed by atoms with Gasteiger partial charge in [0.05, 0.1) is 11.3 Å². The quantitative estimate of drug-likeness (QED) is 0.499. The van der Waals surface area contributed by atoms with Crippen LogP contribution in [0.2, 0.25) is 0 Å². The number of pyridine rings is 1. The van der Waals surface area contributed by atoms with Crippen molar-refractivity contribution in [2.75, 3.05) is 24.5 Å². The molecule has 2 fully saturated rings. The molecule has 0 radical (unpaired) electrons. The van der Waals surface area contributed by atoms with Gasteiger partial charge < -0.3 is 10.2 Å². The molecule has 0 aliphatic carbocycles.